The number of methoxy groups -OCH3 is 1. The van der Waals surface area contributed by atoms with Crippen molar-refractivity contribution in [2.24, 2.45) is 11.5 Å². The lowest BCUT2D eigenvalue weighted by atomic mass is 10.0. The van der Waals surface area contributed by atoms with Crippen molar-refractivity contribution in [2.75, 3.05) is 55.1 Å². The second-order valence-corrected chi connectivity index (χ2v) is 32.1. The Hall–Kier alpha value is -17.4. The largest absolute Gasteiger partial charge is 0.464 e. The zero-order valence-corrected chi connectivity index (χ0v) is 76.9. The third-order valence-electron chi connectivity index (χ3n) is 21.6. The molecule has 0 aliphatic carbocycles. The van der Waals surface area contributed by atoms with Gasteiger partial charge in [0.05, 0.1) is 58.7 Å². The summed E-state index contributed by atoms with van der Waals surface area (Å²) < 4.78 is 91.1. The second kappa shape index (κ2) is 43.5. The number of benzene rings is 6. The summed E-state index contributed by atoms with van der Waals surface area (Å²) in [7, 11) is 3.18. The van der Waals surface area contributed by atoms with Crippen molar-refractivity contribution in [3.05, 3.63) is 321 Å². The first-order chi connectivity index (χ1) is 67.2. The van der Waals surface area contributed by atoms with Crippen molar-refractivity contribution >= 4 is 104 Å². The molecule has 0 saturated carbocycles. The van der Waals surface area contributed by atoms with E-state index >= 15 is 0 Å². The predicted octanol–water partition coefficient (Wildman–Crippen LogP) is 16.7. The number of carbonyl (C=O) groups excluding carboxylic acids is 3. The van der Waals surface area contributed by atoms with E-state index in [4.69, 9.17) is 90.9 Å². The monoisotopic (exact) mass is 1950 g/mol. The van der Waals surface area contributed by atoms with E-state index in [1.807, 2.05) is 102 Å². The highest BCUT2D eigenvalue weighted by Gasteiger charge is 2.30. The fraction of sp³-hybridized carbons (Fsp3) is 0.122. The van der Waals surface area contributed by atoms with Crippen LogP contribution in [0, 0.1) is 78.3 Å². The predicted molar refractivity (Wildman–Crippen MR) is 519 cm³/mol. The zero-order valence-electron chi connectivity index (χ0n) is 74.6. The van der Waals surface area contributed by atoms with Gasteiger partial charge in [0.25, 0.3) is 5.91 Å². The Kier molecular flexibility index (Phi) is 30.7. The van der Waals surface area contributed by atoms with Crippen molar-refractivity contribution in [3.8, 4) is 113 Å². The van der Waals surface area contributed by atoms with E-state index in [9.17, 15) is 46.0 Å². The summed E-state index contributed by atoms with van der Waals surface area (Å²) in [5, 5.41) is 17.9. The number of hydrogen-bond donors (Lipinski definition) is 8. The smallest absolute Gasteiger partial charge is 0.360 e. The number of esters is 1. The molecule has 19 rings (SSSR count). The van der Waals surface area contributed by atoms with Gasteiger partial charge in [-0.1, -0.05) is 108 Å². The van der Waals surface area contributed by atoms with E-state index in [1.54, 1.807) is 79.3 Å². The molecule has 42 heteroatoms. The maximum absolute atomic E-state index is 14.0. The quantitative estimate of drug-likeness (QED) is 0.0329. The van der Waals surface area contributed by atoms with E-state index in [0.29, 0.717) is 91.8 Å². The number of halogens is 9. The van der Waals surface area contributed by atoms with Gasteiger partial charge in [0.15, 0.2) is 61.5 Å². The molecule has 1 aliphatic rings. The average Bonchev–Trinajstić information content (AvgIpc) is 1.30. The van der Waals surface area contributed by atoms with E-state index in [0.717, 1.165) is 70.1 Å². The summed E-state index contributed by atoms with van der Waals surface area (Å²) in [4.78, 5) is 101. The number of anilines is 6. The van der Waals surface area contributed by atoms with Crippen molar-refractivity contribution in [2.45, 2.75) is 59.0 Å². The van der Waals surface area contributed by atoms with Crippen molar-refractivity contribution in [3.63, 3.8) is 0 Å². The highest BCUT2D eigenvalue weighted by Crippen LogP contribution is 2.38. The number of ether oxygens (including phenoxy) is 1. The molecule has 704 valence electrons. The number of ketones is 1. The van der Waals surface area contributed by atoms with Crippen LogP contribution in [0.1, 0.15) is 80.1 Å². The van der Waals surface area contributed by atoms with Gasteiger partial charge < -0.3 is 63.8 Å². The van der Waals surface area contributed by atoms with Crippen molar-refractivity contribution < 1.29 is 45.5 Å². The van der Waals surface area contributed by atoms with E-state index in [2.05, 4.69) is 79.4 Å². The number of amides is 1. The van der Waals surface area contributed by atoms with Crippen LogP contribution in [-0.2, 0) is 22.5 Å². The van der Waals surface area contributed by atoms with E-state index in [1.165, 1.54) is 98.1 Å². The van der Waals surface area contributed by atoms with Crippen LogP contribution < -0.4 is 45.9 Å². The number of aromatic nitrogens is 18. The van der Waals surface area contributed by atoms with Gasteiger partial charge in [-0.3, -0.25) is 14.5 Å². The number of carbonyl (C=O) groups is 3. The zero-order chi connectivity index (χ0) is 100. The molecule has 16 N–H and O–H groups in total. The molecule has 1 atom stereocenters. The molecule has 0 spiro atoms. The van der Waals surface area contributed by atoms with Gasteiger partial charge in [-0.05, 0) is 156 Å². The number of fused-ring (bicyclic) bond motifs is 3. The summed E-state index contributed by atoms with van der Waals surface area (Å²) in [6.07, 6.45) is 13.8. The molecule has 0 radical (unpaired) electrons. The summed E-state index contributed by atoms with van der Waals surface area (Å²) in [6, 6.07) is 50.5. The number of pyridine rings is 3. The minimum absolute atomic E-state index is 0.00963. The Bertz CT molecular complexity index is 7910. The molecule has 1 fully saturated rings. The molecule has 0 bridgehead atoms. The second-order valence-electron chi connectivity index (χ2n) is 31.0. The molecule has 1 aliphatic heterocycles. The Labute approximate surface area is 808 Å². The highest BCUT2D eigenvalue weighted by atomic mass is 35.5. The number of nitrogens with two attached hydrogens (primary N) is 8. The molecule has 12 aromatic heterocycles. The van der Waals surface area contributed by atoms with E-state index < -0.39 is 29.3 Å². The van der Waals surface area contributed by atoms with Crippen LogP contribution in [0.4, 0.5) is 61.2 Å². The fourth-order valence-electron chi connectivity index (χ4n) is 14.7. The van der Waals surface area contributed by atoms with Crippen molar-refractivity contribution in [1.29, 1.82) is 10.5 Å². The molecule has 1 amide bonds. The van der Waals surface area contributed by atoms with Crippen LogP contribution >= 0.6 is 34.8 Å². The number of rotatable bonds is 16. The number of imidazole rings is 3. The van der Waals surface area contributed by atoms with Gasteiger partial charge in [-0.2, -0.15) is 10.5 Å². The summed E-state index contributed by atoms with van der Waals surface area (Å²) in [6.45, 7) is 7.00. The molecular formula is C98H80Cl3F6N29O4. The lowest BCUT2D eigenvalue weighted by Crippen LogP contribution is -2.33. The Morgan fingerprint density at radius 2 is 0.721 bits per heavy atom. The third kappa shape index (κ3) is 22.7. The minimum Gasteiger partial charge on any atom is -0.464 e. The SMILES string of the molecule is COC(=O)c1nc(Cl)c(-c2cccc(F)c2)nc1N.Cc1cnc2ccc(-c3nc(C#N)c(N)nc3-c3cccc(F)c3)cn12.Cc1cnc2ccc(-c3nc(CCC(=O)[C@H]4CCCN4C)c(N)nc3-c3cccc(F)c3)cn12.Cc1cnc2ccc(-c3nc(CN)c(N)nc3-c3cccc(F)c3)cn12.N#Cc1nc(Cl)c(-c2cccc(F)c2)nc1N.NC(=O)c1nc(Cl)c(-c2cccc(F)c2)nc1N. The van der Waals surface area contributed by atoms with Crippen LogP contribution in [0.25, 0.3) is 118 Å². The number of nitrogens with zero attached hydrogens (tertiary/aromatic N) is 21. The normalized spacial score (nSPS) is 12.0. The summed E-state index contributed by atoms with van der Waals surface area (Å²) >= 11 is 17.7. The van der Waals surface area contributed by atoms with Gasteiger partial charge in [0.2, 0.25) is 0 Å². The van der Waals surface area contributed by atoms with Crippen LogP contribution in [0.15, 0.2) is 219 Å². The maximum atomic E-state index is 14.0. The molecule has 18 aromatic rings. The van der Waals surface area contributed by atoms with Crippen LogP contribution in [-0.4, -0.2) is 137 Å². The molecule has 1 saturated heterocycles. The van der Waals surface area contributed by atoms with Crippen LogP contribution in [0.5, 0.6) is 0 Å². The molecule has 13 heterocycles. The lowest BCUT2D eigenvalue weighted by Gasteiger charge is -2.18. The van der Waals surface area contributed by atoms with Gasteiger partial charge in [0.1, 0.15) is 98.5 Å². The van der Waals surface area contributed by atoms with Crippen molar-refractivity contribution in [1.82, 2.24) is 92.9 Å². The molecular weight excluding hydrogens is 1870 g/mol. The van der Waals surface area contributed by atoms with Gasteiger partial charge in [-0.15, -0.1) is 0 Å². The van der Waals surface area contributed by atoms with Gasteiger partial charge in [0, 0.05) is 124 Å². The Balaban J connectivity index is 0.000000136. The number of aryl methyl sites for hydroxylation is 4. The number of likely N-dealkylation sites (tertiary alicyclic amines) is 1. The van der Waals surface area contributed by atoms with E-state index in [-0.39, 0.29) is 126 Å². The molecule has 140 heavy (non-hydrogen) atoms. The minimum atomic E-state index is -0.826. The van der Waals surface area contributed by atoms with Crippen LogP contribution in [0.3, 0.4) is 0 Å². The third-order valence-corrected chi connectivity index (χ3v) is 22.4. The van der Waals surface area contributed by atoms with Crippen LogP contribution in [0.2, 0.25) is 15.5 Å². The standard InChI is InChI=1S/C26H27FN6O.C19H17FN6.C19H13FN6.C12H9ClFN3O2.C11H8ClFN4O.C11H6ClFN4/c1-16-14-29-23-11-8-18(15-33(16)23)25-24(17-5-3-6-19(27)13-17)31-26(28)20(30-25)9-10-22(34)21-7-4-12-32(21)2;2*1-11-9-23-16-6-5-13(10-26(11)16)18-17(12-3-2-4-14(20)7-12)25-19(22)15(8-21)24-18;1-19-12(18)9-11(15)17-8(10(13)16-9)6-3-2-4-7(14)5-6;12-9-7(5-2-1-3-6(13)4-5)17-10(14)8(16-9)11(15)18;12-10-9(6-2-1-3-7(13)4-6)17-11(15)8(5-14)16-10/h3,5-6,8,11,13-15,21H,4,7,9-10,12H2,1-2H3,(H2,28,31);2-7,9-10H,8,21H2,1H3,(H2,22,25);2-7,9-10H,1H3,(H2,22,25);2-5H,1H3,(H2,15,17);1-4H,(H2,14,17)(H2,15,18);1-4H,(H2,15,17)/t21-;;;;;/m1...../s1. The number of nitrogen functional groups attached to an aromatic ring is 6. The average molecular weight is 1950 g/mol. The number of hydrogen-bond acceptors (Lipinski definition) is 29. The topological polar surface area (TPSA) is 526 Å². The first kappa shape index (κ1) is 98.6. The fourth-order valence-corrected chi connectivity index (χ4v) is 15.4. The summed E-state index contributed by atoms with van der Waals surface area (Å²) in [5.41, 5.74) is 60.8. The first-order valence-corrected chi connectivity index (χ1v) is 43.3. The molecule has 33 nitrogen and oxygen atoms in total. The Morgan fingerprint density at radius 3 is 1.07 bits per heavy atom. The first-order valence-electron chi connectivity index (χ1n) is 42.2. The molecule has 0 unspecified atom stereocenters. The molecule has 6 aromatic carbocycles. The van der Waals surface area contributed by atoms with Gasteiger partial charge in [-0.25, -0.2) is 106 Å². The number of Topliss-reactive ketones (excluding diaryl/α,β-unsaturated/α-hetero) is 1. The lowest BCUT2D eigenvalue weighted by molar-refractivity contribution is -0.122. The Morgan fingerprint density at radius 1 is 0.407 bits per heavy atom. The van der Waals surface area contributed by atoms with Gasteiger partial charge >= 0.3 is 5.97 Å². The number of likely N-dealkylation sites (N-methyl/N-ethyl adjacent to an activating group) is 1. The number of primary amides is 1. The number of nitriles is 2. The maximum Gasteiger partial charge on any atom is 0.360 e. The summed E-state index contributed by atoms with van der Waals surface area (Å²) in [5.74, 6) is -3.55. The highest BCUT2D eigenvalue weighted by molar-refractivity contribution is 6.33.